The van der Waals surface area contributed by atoms with Crippen LogP contribution >= 0.6 is 11.8 Å². The smallest absolute Gasteiger partial charge is 0.355 e. The van der Waals surface area contributed by atoms with E-state index < -0.39 is 5.63 Å². The predicted octanol–water partition coefficient (Wildman–Crippen LogP) is 2.84. The number of rotatable bonds is 2. The largest absolute Gasteiger partial charge is 0.497 e. The summed E-state index contributed by atoms with van der Waals surface area (Å²) in [5.41, 5.74) is 0.929. The summed E-state index contributed by atoms with van der Waals surface area (Å²) in [5, 5.41) is 9.21. The van der Waals surface area contributed by atoms with Crippen LogP contribution in [0.2, 0.25) is 0 Å². The Morgan fingerprint density at radius 2 is 2.23 bits per heavy atom. The maximum absolute atomic E-state index is 12.1. The van der Waals surface area contributed by atoms with Crippen molar-refractivity contribution in [1.29, 1.82) is 5.26 Å². The molecule has 112 valence electrons. The maximum Gasteiger partial charge on any atom is 0.355 e. The van der Waals surface area contributed by atoms with E-state index in [1.54, 1.807) is 25.3 Å². The zero-order valence-corrected chi connectivity index (χ0v) is 13.0. The number of hydrogen-bond donors (Lipinski definition) is 0. The highest BCUT2D eigenvalue weighted by atomic mass is 32.2. The van der Waals surface area contributed by atoms with Gasteiger partial charge in [-0.3, -0.25) is 0 Å². The Balaban J connectivity index is 2.36. The van der Waals surface area contributed by atoms with Crippen LogP contribution in [0.5, 0.6) is 11.5 Å². The summed E-state index contributed by atoms with van der Waals surface area (Å²) in [5.74, 6) is 1.74. The zero-order valence-electron chi connectivity index (χ0n) is 12.1. The van der Waals surface area contributed by atoms with Crippen LogP contribution in [-0.2, 0) is 6.42 Å². The van der Waals surface area contributed by atoms with Crippen molar-refractivity contribution in [3.8, 4) is 28.9 Å². The number of fused-ring (bicyclic) bond motifs is 3. The summed E-state index contributed by atoms with van der Waals surface area (Å²) >= 11 is 1.37. The second kappa shape index (κ2) is 5.78. The minimum atomic E-state index is -0.624. The predicted molar refractivity (Wildman–Crippen MR) is 82.7 cm³/mol. The van der Waals surface area contributed by atoms with Crippen LogP contribution in [-0.4, -0.2) is 20.0 Å². The van der Waals surface area contributed by atoms with Crippen LogP contribution in [0.1, 0.15) is 11.1 Å². The molecule has 0 spiro atoms. The first kappa shape index (κ1) is 14.5. The van der Waals surface area contributed by atoms with E-state index in [4.69, 9.17) is 13.9 Å². The molecule has 0 aliphatic carbocycles. The van der Waals surface area contributed by atoms with Crippen molar-refractivity contribution in [1.82, 2.24) is 0 Å². The Hall–Kier alpha value is -2.39. The molecule has 2 aromatic rings. The Morgan fingerprint density at radius 1 is 1.41 bits per heavy atom. The normalized spacial score (nSPS) is 12.4. The number of methoxy groups -OCH3 is 1. The van der Waals surface area contributed by atoms with Gasteiger partial charge in [0, 0.05) is 16.9 Å². The maximum atomic E-state index is 12.1. The fourth-order valence-electron chi connectivity index (χ4n) is 2.52. The first-order valence-corrected chi connectivity index (χ1v) is 7.87. The highest BCUT2D eigenvalue weighted by Crippen LogP contribution is 2.40. The molecule has 3 rings (SSSR count). The van der Waals surface area contributed by atoms with E-state index in [0.29, 0.717) is 40.7 Å². The van der Waals surface area contributed by atoms with Gasteiger partial charge in [-0.05, 0) is 24.5 Å². The van der Waals surface area contributed by atoms with Crippen molar-refractivity contribution in [3.05, 3.63) is 39.7 Å². The number of thioether (sulfide) groups is 1. The summed E-state index contributed by atoms with van der Waals surface area (Å²) in [6, 6.07) is 7.30. The van der Waals surface area contributed by atoms with Gasteiger partial charge in [0.2, 0.25) is 0 Å². The zero-order chi connectivity index (χ0) is 15.7. The van der Waals surface area contributed by atoms with Gasteiger partial charge in [-0.2, -0.15) is 5.26 Å². The topological polar surface area (TPSA) is 72.5 Å². The van der Waals surface area contributed by atoms with Gasteiger partial charge in [0.15, 0.2) is 5.56 Å². The van der Waals surface area contributed by atoms with Crippen molar-refractivity contribution in [2.75, 3.05) is 20.0 Å². The van der Waals surface area contributed by atoms with Crippen molar-refractivity contribution in [3.63, 3.8) is 0 Å². The molecule has 0 bridgehead atoms. The number of nitrogens with zero attached hydrogens (tertiary/aromatic N) is 1. The van der Waals surface area contributed by atoms with Gasteiger partial charge in [-0.15, -0.1) is 11.8 Å². The summed E-state index contributed by atoms with van der Waals surface area (Å²) < 4.78 is 16.4. The molecule has 6 heteroatoms. The molecule has 0 atom stereocenters. The summed E-state index contributed by atoms with van der Waals surface area (Å²) in [7, 11) is 1.57. The highest BCUT2D eigenvalue weighted by molar-refractivity contribution is 7.98. The van der Waals surface area contributed by atoms with E-state index in [1.807, 2.05) is 12.3 Å². The lowest BCUT2D eigenvalue weighted by Gasteiger charge is -2.11. The molecule has 0 unspecified atom stereocenters. The third kappa shape index (κ3) is 2.24. The molecule has 0 radical (unpaired) electrons. The van der Waals surface area contributed by atoms with E-state index >= 15 is 0 Å². The Morgan fingerprint density at radius 3 is 2.91 bits per heavy atom. The van der Waals surface area contributed by atoms with Crippen molar-refractivity contribution >= 4 is 11.8 Å². The second-order valence-electron chi connectivity index (χ2n) is 4.68. The van der Waals surface area contributed by atoms with Crippen LogP contribution in [0.25, 0.3) is 11.3 Å². The number of ether oxygens (including phenoxy) is 2. The van der Waals surface area contributed by atoms with Crippen molar-refractivity contribution < 1.29 is 13.9 Å². The SMILES string of the molecule is COc1ccc2c(c1)-c1oc(=O)c(C#N)c(SC)c1CCO2. The summed E-state index contributed by atoms with van der Waals surface area (Å²) in [6.07, 6.45) is 2.41. The Bertz CT molecular complexity index is 835. The molecule has 0 saturated heterocycles. The molecule has 0 fully saturated rings. The molecule has 1 aromatic heterocycles. The second-order valence-corrected chi connectivity index (χ2v) is 5.49. The lowest BCUT2D eigenvalue weighted by molar-refractivity contribution is 0.325. The Labute approximate surface area is 131 Å². The first-order chi connectivity index (χ1) is 10.7. The average Bonchev–Trinajstić information content (AvgIpc) is 2.72. The van der Waals surface area contributed by atoms with Crippen LogP contribution in [0.15, 0.2) is 32.3 Å². The third-order valence-corrected chi connectivity index (χ3v) is 4.39. The van der Waals surface area contributed by atoms with Crippen LogP contribution in [0.3, 0.4) is 0 Å². The lowest BCUT2D eigenvalue weighted by atomic mass is 10.0. The van der Waals surface area contributed by atoms with E-state index in [9.17, 15) is 10.1 Å². The molecule has 0 saturated carbocycles. The molecule has 22 heavy (non-hydrogen) atoms. The van der Waals surface area contributed by atoms with Gasteiger partial charge in [0.05, 0.1) is 19.3 Å². The highest BCUT2D eigenvalue weighted by Gasteiger charge is 2.25. The van der Waals surface area contributed by atoms with Crippen LogP contribution < -0.4 is 15.1 Å². The van der Waals surface area contributed by atoms with Gasteiger partial charge < -0.3 is 13.9 Å². The average molecular weight is 315 g/mol. The van der Waals surface area contributed by atoms with Gasteiger partial charge in [-0.25, -0.2) is 4.79 Å². The monoisotopic (exact) mass is 315 g/mol. The van der Waals surface area contributed by atoms with Crippen molar-refractivity contribution in [2.45, 2.75) is 11.3 Å². The van der Waals surface area contributed by atoms with Crippen molar-refractivity contribution in [2.24, 2.45) is 0 Å². The molecule has 5 nitrogen and oxygen atoms in total. The number of hydrogen-bond acceptors (Lipinski definition) is 6. The molecule has 1 aliphatic heterocycles. The molecule has 0 N–H and O–H groups in total. The van der Waals surface area contributed by atoms with E-state index in [-0.39, 0.29) is 5.56 Å². The minimum absolute atomic E-state index is 0.0533. The number of benzene rings is 1. The first-order valence-electron chi connectivity index (χ1n) is 6.65. The van der Waals surface area contributed by atoms with E-state index in [1.165, 1.54) is 11.8 Å². The summed E-state index contributed by atoms with van der Waals surface area (Å²) in [4.78, 5) is 12.8. The fourth-order valence-corrected chi connectivity index (χ4v) is 3.29. The Kier molecular flexibility index (Phi) is 3.82. The molecule has 1 aliphatic rings. The van der Waals surface area contributed by atoms with E-state index in [0.717, 1.165) is 5.56 Å². The third-order valence-electron chi connectivity index (χ3n) is 3.53. The van der Waals surface area contributed by atoms with Gasteiger partial charge in [0.1, 0.15) is 23.3 Å². The molecule has 0 amide bonds. The van der Waals surface area contributed by atoms with Crippen LogP contribution in [0.4, 0.5) is 0 Å². The summed E-state index contributed by atoms with van der Waals surface area (Å²) in [6.45, 7) is 0.457. The molecular weight excluding hydrogens is 302 g/mol. The van der Waals surface area contributed by atoms with Crippen LogP contribution in [0, 0.1) is 11.3 Å². The molecule has 2 heterocycles. The van der Waals surface area contributed by atoms with Gasteiger partial charge in [0.25, 0.3) is 0 Å². The lowest BCUT2D eigenvalue weighted by Crippen LogP contribution is -2.10. The standard InChI is InChI=1S/C16H13NO4S/c1-19-9-3-4-13-11(7-9)14-10(5-6-20-13)15(22-2)12(8-17)16(18)21-14/h3-4,7H,5-6H2,1-2H3. The fraction of sp³-hybridized carbons (Fsp3) is 0.250. The molecular formula is C16H13NO4S. The quantitative estimate of drug-likeness (QED) is 0.794. The van der Waals surface area contributed by atoms with Gasteiger partial charge >= 0.3 is 5.63 Å². The minimum Gasteiger partial charge on any atom is -0.497 e. The van der Waals surface area contributed by atoms with E-state index in [2.05, 4.69) is 0 Å². The molecule has 1 aromatic carbocycles. The van der Waals surface area contributed by atoms with Gasteiger partial charge in [-0.1, -0.05) is 0 Å². The number of nitriles is 1.